The summed E-state index contributed by atoms with van der Waals surface area (Å²) in [7, 11) is 0. The Bertz CT molecular complexity index is 177. The average Bonchev–Trinajstić information content (AvgIpc) is 2.32. The van der Waals surface area contributed by atoms with E-state index in [1.165, 1.54) is 0 Å². The normalized spacial score (nSPS) is 28.1. The Morgan fingerprint density at radius 1 is 1.25 bits per heavy atom. The van der Waals surface area contributed by atoms with Gasteiger partial charge in [-0.3, -0.25) is 0 Å². The first-order valence-electron chi connectivity index (χ1n) is 4.72. The fraction of sp³-hybridized carbons (Fsp3) is 0.818. The molecule has 1 rings (SSSR count). The van der Waals surface area contributed by atoms with E-state index in [4.69, 9.17) is 0 Å². The summed E-state index contributed by atoms with van der Waals surface area (Å²) in [4.78, 5) is 0. The summed E-state index contributed by atoms with van der Waals surface area (Å²) in [6.07, 6.45) is 1.96. The molecule has 0 aromatic rings. The smallest absolute Gasteiger partial charge is 0.0222 e. The van der Waals surface area contributed by atoms with Gasteiger partial charge in [-0.2, -0.15) is 0 Å². The number of hydrogen-bond acceptors (Lipinski definition) is 1. The van der Waals surface area contributed by atoms with Crippen LogP contribution in [0.2, 0.25) is 0 Å². The zero-order chi connectivity index (χ0) is 9.57. The molecular weight excluding hydrogens is 146 g/mol. The third-order valence-corrected chi connectivity index (χ3v) is 3.80. The van der Waals surface area contributed by atoms with Crippen LogP contribution in [-0.2, 0) is 0 Å². The third kappa shape index (κ3) is 1.20. The first-order chi connectivity index (χ1) is 5.34. The Balaban J connectivity index is 2.54. The van der Waals surface area contributed by atoms with E-state index < -0.39 is 0 Å². The highest BCUT2D eigenvalue weighted by Gasteiger charge is 2.64. The molecule has 12 heavy (non-hydrogen) atoms. The zero-order valence-corrected chi connectivity index (χ0v) is 8.94. The quantitative estimate of drug-likeness (QED) is 0.637. The van der Waals surface area contributed by atoms with Crippen LogP contribution in [0.5, 0.6) is 0 Å². The van der Waals surface area contributed by atoms with Gasteiger partial charge in [-0.15, -0.1) is 6.58 Å². The predicted octanol–water partition coefficient (Wildman–Crippen LogP) is 2.59. The van der Waals surface area contributed by atoms with Crippen LogP contribution in [-0.4, -0.2) is 12.1 Å². The van der Waals surface area contributed by atoms with Crippen LogP contribution in [0.1, 0.15) is 34.6 Å². The van der Waals surface area contributed by atoms with Gasteiger partial charge in [0.15, 0.2) is 0 Å². The van der Waals surface area contributed by atoms with Gasteiger partial charge < -0.3 is 5.32 Å². The monoisotopic (exact) mass is 167 g/mol. The second-order valence-electron chi connectivity index (χ2n) is 5.07. The predicted molar refractivity (Wildman–Crippen MR) is 54.1 cm³/mol. The van der Waals surface area contributed by atoms with Crippen molar-refractivity contribution in [1.82, 2.24) is 5.32 Å². The molecule has 0 heterocycles. The summed E-state index contributed by atoms with van der Waals surface area (Å²) >= 11 is 0. The first-order valence-corrected chi connectivity index (χ1v) is 4.72. The lowest BCUT2D eigenvalue weighted by molar-refractivity contribution is 0.457. The minimum atomic E-state index is 0.427. The summed E-state index contributed by atoms with van der Waals surface area (Å²) in [5, 5.41) is 3.57. The van der Waals surface area contributed by atoms with E-state index >= 15 is 0 Å². The highest BCUT2D eigenvalue weighted by Crippen LogP contribution is 2.62. The molecule has 0 amide bonds. The highest BCUT2D eigenvalue weighted by molar-refractivity contribution is 5.18. The molecule has 1 aliphatic rings. The fourth-order valence-electron chi connectivity index (χ4n) is 1.94. The van der Waals surface area contributed by atoms with E-state index in [9.17, 15) is 0 Å². The highest BCUT2D eigenvalue weighted by atomic mass is 15.1. The standard InChI is InChI=1S/C11H21N/c1-7-8(2)12-9-10(3,4)11(9,5)6/h7-9,12H,1H2,2-6H3. The minimum absolute atomic E-state index is 0.427. The summed E-state index contributed by atoms with van der Waals surface area (Å²) in [5.41, 5.74) is 0.870. The number of rotatable bonds is 3. The molecule has 0 bridgehead atoms. The van der Waals surface area contributed by atoms with E-state index in [1.807, 2.05) is 6.08 Å². The lowest BCUT2D eigenvalue weighted by Gasteiger charge is -2.10. The molecule has 0 aromatic heterocycles. The Morgan fingerprint density at radius 2 is 1.67 bits per heavy atom. The summed E-state index contributed by atoms with van der Waals surface area (Å²) < 4.78 is 0. The molecule has 1 aliphatic carbocycles. The molecular formula is C11H21N. The van der Waals surface area contributed by atoms with Crippen LogP contribution in [0, 0.1) is 10.8 Å². The van der Waals surface area contributed by atoms with Gasteiger partial charge in [0, 0.05) is 12.1 Å². The molecule has 1 N–H and O–H groups in total. The Kier molecular flexibility index (Phi) is 2.12. The lowest BCUT2D eigenvalue weighted by atomic mass is 10.0. The van der Waals surface area contributed by atoms with Crippen molar-refractivity contribution in [2.45, 2.75) is 46.7 Å². The Morgan fingerprint density at radius 3 is 1.92 bits per heavy atom. The lowest BCUT2D eigenvalue weighted by Crippen LogP contribution is -2.30. The van der Waals surface area contributed by atoms with Crippen molar-refractivity contribution in [3.63, 3.8) is 0 Å². The second-order valence-corrected chi connectivity index (χ2v) is 5.07. The van der Waals surface area contributed by atoms with Crippen LogP contribution in [0.15, 0.2) is 12.7 Å². The largest absolute Gasteiger partial charge is 0.307 e. The molecule has 1 atom stereocenters. The van der Waals surface area contributed by atoms with E-state index in [1.54, 1.807) is 0 Å². The summed E-state index contributed by atoms with van der Waals surface area (Å²) in [6, 6.07) is 1.06. The molecule has 1 fully saturated rings. The van der Waals surface area contributed by atoms with E-state index in [2.05, 4.69) is 46.5 Å². The van der Waals surface area contributed by atoms with Crippen molar-refractivity contribution in [3.8, 4) is 0 Å². The van der Waals surface area contributed by atoms with Crippen molar-refractivity contribution in [2.75, 3.05) is 0 Å². The first kappa shape index (κ1) is 9.79. The second kappa shape index (κ2) is 2.59. The van der Waals surface area contributed by atoms with Gasteiger partial charge in [-0.25, -0.2) is 0 Å². The van der Waals surface area contributed by atoms with Gasteiger partial charge in [-0.1, -0.05) is 33.8 Å². The Labute approximate surface area is 76.2 Å². The molecule has 70 valence electrons. The molecule has 0 aliphatic heterocycles. The molecule has 0 saturated heterocycles. The summed E-state index contributed by atoms with van der Waals surface area (Å²) in [5.74, 6) is 0. The molecule has 1 saturated carbocycles. The molecule has 1 unspecified atom stereocenters. The van der Waals surface area contributed by atoms with Crippen LogP contribution < -0.4 is 5.32 Å². The van der Waals surface area contributed by atoms with E-state index in [-0.39, 0.29) is 0 Å². The van der Waals surface area contributed by atoms with E-state index in [0.717, 1.165) is 0 Å². The molecule has 0 aromatic carbocycles. The maximum atomic E-state index is 3.77. The van der Waals surface area contributed by atoms with Gasteiger partial charge in [0.2, 0.25) is 0 Å². The van der Waals surface area contributed by atoms with Crippen LogP contribution in [0.3, 0.4) is 0 Å². The Hall–Kier alpha value is -0.300. The zero-order valence-electron chi connectivity index (χ0n) is 8.94. The average molecular weight is 167 g/mol. The van der Waals surface area contributed by atoms with Gasteiger partial charge in [0.1, 0.15) is 0 Å². The van der Waals surface area contributed by atoms with Crippen molar-refractivity contribution in [3.05, 3.63) is 12.7 Å². The van der Waals surface area contributed by atoms with Crippen LogP contribution >= 0.6 is 0 Å². The maximum Gasteiger partial charge on any atom is 0.0222 e. The van der Waals surface area contributed by atoms with Crippen molar-refractivity contribution in [2.24, 2.45) is 10.8 Å². The van der Waals surface area contributed by atoms with Crippen molar-refractivity contribution in [1.29, 1.82) is 0 Å². The SMILES string of the molecule is C=CC(C)NC1C(C)(C)C1(C)C. The van der Waals surface area contributed by atoms with E-state index in [0.29, 0.717) is 22.9 Å². The van der Waals surface area contributed by atoms with Crippen LogP contribution in [0.25, 0.3) is 0 Å². The molecule has 1 nitrogen and oxygen atoms in total. The minimum Gasteiger partial charge on any atom is -0.307 e. The maximum absolute atomic E-state index is 3.77. The van der Waals surface area contributed by atoms with Gasteiger partial charge in [0.05, 0.1) is 0 Å². The van der Waals surface area contributed by atoms with Gasteiger partial charge in [-0.05, 0) is 17.8 Å². The molecule has 0 spiro atoms. The fourth-order valence-corrected chi connectivity index (χ4v) is 1.94. The molecule has 1 heteroatoms. The van der Waals surface area contributed by atoms with Gasteiger partial charge >= 0.3 is 0 Å². The summed E-state index contributed by atoms with van der Waals surface area (Å²) in [6.45, 7) is 15.2. The van der Waals surface area contributed by atoms with Crippen molar-refractivity contribution >= 4 is 0 Å². The van der Waals surface area contributed by atoms with Gasteiger partial charge in [0.25, 0.3) is 0 Å². The van der Waals surface area contributed by atoms with Crippen LogP contribution in [0.4, 0.5) is 0 Å². The topological polar surface area (TPSA) is 12.0 Å². The van der Waals surface area contributed by atoms with Crippen molar-refractivity contribution < 1.29 is 0 Å². The molecule has 0 radical (unpaired) electrons. The number of hydrogen-bond donors (Lipinski definition) is 1. The third-order valence-electron chi connectivity index (χ3n) is 3.80. The number of nitrogens with one attached hydrogen (secondary N) is 1.